The smallest absolute Gasteiger partial charge is 0.310 e. The van der Waals surface area contributed by atoms with E-state index in [4.69, 9.17) is 4.74 Å². The van der Waals surface area contributed by atoms with E-state index in [9.17, 15) is 4.79 Å². The van der Waals surface area contributed by atoms with E-state index in [1.807, 2.05) is 45.0 Å². The van der Waals surface area contributed by atoms with Gasteiger partial charge in [0, 0.05) is 4.47 Å². The van der Waals surface area contributed by atoms with Gasteiger partial charge in [0.1, 0.15) is 5.60 Å². The van der Waals surface area contributed by atoms with Gasteiger partial charge in [-0.1, -0.05) is 34.6 Å². The van der Waals surface area contributed by atoms with E-state index >= 15 is 0 Å². The van der Waals surface area contributed by atoms with E-state index in [2.05, 4.69) is 22.5 Å². The predicted octanol–water partition coefficient (Wildman–Crippen LogP) is 4.19. The molecule has 1 aromatic rings. The molecule has 0 bridgehead atoms. The maximum atomic E-state index is 11.6. The molecule has 0 aliphatic rings. The van der Waals surface area contributed by atoms with E-state index in [0.717, 1.165) is 15.6 Å². The molecule has 1 aromatic carbocycles. The van der Waals surface area contributed by atoms with Gasteiger partial charge in [-0.25, -0.2) is 0 Å². The highest BCUT2D eigenvalue weighted by Crippen LogP contribution is 2.20. The minimum atomic E-state index is -0.447. The fourth-order valence-electron chi connectivity index (χ4n) is 1.34. The molecule has 92 valence electrons. The van der Waals surface area contributed by atoms with Gasteiger partial charge in [-0.3, -0.25) is 4.79 Å². The largest absolute Gasteiger partial charge is 0.460 e. The Morgan fingerprint density at radius 1 is 1.29 bits per heavy atom. The molecular formula is C14H17BrO2. The topological polar surface area (TPSA) is 26.3 Å². The summed E-state index contributed by atoms with van der Waals surface area (Å²) in [7, 11) is 0. The average molecular weight is 297 g/mol. The van der Waals surface area contributed by atoms with Crippen LogP contribution in [0.2, 0.25) is 0 Å². The first-order valence-corrected chi connectivity index (χ1v) is 6.23. The van der Waals surface area contributed by atoms with Crippen LogP contribution in [-0.4, -0.2) is 11.6 Å². The maximum absolute atomic E-state index is 11.6. The summed E-state index contributed by atoms with van der Waals surface area (Å²) in [5.74, 6) is -0.245. The molecule has 0 aliphatic heterocycles. The summed E-state index contributed by atoms with van der Waals surface area (Å²) in [5.41, 5.74) is 1.28. The highest BCUT2D eigenvalue weighted by atomic mass is 79.9. The third-order valence-electron chi connectivity index (χ3n) is 2.03. The fourth-order valence-corrected chi connectivity index (χ4v) is 1.60. The molecule has 0 saturated carbocycles. The molecule has 0 aliphatic carbocycles. The number of esters is 1. The molecule has 0 spiro atoms. The van der Waals surface area contributed by atoms with Crippen LogP contribution in [0.25, 0.3) is 5.57 Å². The average Bonchev–Trinajstić information content (AvgIpc) is 2.15. The van der Waals surface area contributed by atoms with Crippen LogP contribution in [0.15, 0.2) is 35.3 Å². The Labute approximate surface area is 111 Å². The van der Waals surface area contributed by atoms with Crippen molar-refractivity contribution < 1.29 is 9.53 Å². The van der Waals surface area contributed by atoms with Crippen LogP contribution in [-0.2, 0) is 9.53 Å². The Bertz CT molecular complexity index is 413. The Kier molecular flexibility index (Phi) is 4.52. The van der Waals surface area contributed by atoms with Crippen molar-refractivity contribution in [3.8, 4) is 0 Å². The Morgan fingerprint density at radius 2 is 1.82 bits per heavy atom. The summed E-state index contributed by atoms with van der Waals surface area (Å²) in [4.78, 5) is 11.6. The van der Waals surface area contributed by atoms with Crippen LogP contribution in [0.5, 0.6) is 0 Å². The van der Waals surface area contributed by atoms with Crippen LogP contribution in [0.4, 0.5) is 0 Å². The summed E-state index contributed by atoms with van der Waals surface area (Å²) in [6.45, 7) is 9.47. The zero-order valence-electron chi connectivity index (χ0n) is 10.4. The third kappa shape index (κ3) is 5.18. The summed E-state index contributed by atoms with van der Waals surface area (Å²) in [5, 5.41) is 0. The highest BCUT2D eigenvalue weighted by Gasteiger charge is 2.17. The van der Waals surface area contributed by atoms with E-state index in [1.165, 1.54) is 0 Å². The minimum Gasteiger partial charge on any atom is -0.460 e. The molecule has 0 heterocycles. The van der Waals surface area contributed by atoms with Gasteiger partial charge in [-0.15, -0.1) is 0 Å². The molecule has 0 atom stereocenters. The molecule has 17 heavy (non-hydrogen) atoms. The van der Waals surface area contributed by atoms with Crippen LogP contribution in [0, 0.1) is 0 Å². The SMILES string of the molecule is C=C(CC(=O)OC(C)(C)C)c1ccc(Br)cc1. The zero-order chi connectivity index (χ0) is 13.1. The second-order valence-electron chi connectivity index (χ2n) is 4.87. The molecule has 0 radical (unpaired) electrons. The van der Waals surface area contributed by atoms with Crippen molar-refractivity contribution in [3.05, 3.63) is 40.9 Å². The molecule has 0 saturated heterocycles. The van der Waals surface area contributed by atoms with Crippen molar-refractivity contribution in [1.82, 2.24) is 0 Å². The van der Waals surface area contributed by atoms with Crippen LogP contribution < -0.4 is 0 Å². The number of carbonyl (C=O) groups excluding carboxylic acids is 1. The second kappa shape index (κ2) is 5.50. The number of ether oxygens (including phenoxy) is 1. The maximum Gasteiger partial charge on any atom is 0.310 e. The number of hydrogen-bond donors (Lipinski definition) is 0. The second-order valence-corrected chi connectivity index (χ2v) is 5.79. The highest BCUT2D eigenvalue weighted by molar-refractivity contribution is 9.10. The summed E-state index contributed by atoms with van der Waals surface area (Å²) >= 11 is 3.36. The first kappa shape index (κ1) is 14.0. The van der Waals surface area contributed by atoms with Gasteiger partial charge in [0.05, 0.1) is 6.42 Å². The zero-order valence-corrected chi connectivity index (χ0v) is 12.0. The summed E-state index contributed by atoms with van der Waals surface area (Å²) in [6.07, 6.45) is 0.221. The molecular weight excluding hydrogens is 280 g/mol. The minimum absolute atomic E-state index is 0.221. The Hall–Kier alpha value is -1.09. The van der Waals surface area contributed by atoms with Crippen molar-refractivity contribution >= 4 is 27.5 Å². The molecule has 0 aromatic heterocycles. The van der Waals surface area contributed by atoms with Crippen molar-refractivity contribution in [1.29, 1.82) is 0 Å². The number of hydrogen-bond acceptors (Lipinski definition) is 2. The van der Waals surface area contributed by atoms with Gasteiger partial charge in [-0.2, -0.15) is 0 Å². The monoisotopic (exact) mass is 296 g/mol. The van der Waals surface area contributed by atoms with E-state index < -0.39 is 5.60 Å². The number of carbonyl (C=O) groups is 1. The van der Waals surface area contributed by atoms with Gasteiger partial charge in [-0.05, 0) is 44.0 Å². The molecule has 2 nitrogen and oxygen atoms in total. The molecule has 3 heteroatoms. The number of benzene rings is 1. The van der Waals surface area contributed by atoms with Crippen molar-refractivity contribution in [2.75, 3.05) is 0 Å². The van der Waals surface area contributed by atoms with Crippen LogP contribution >= 0.6 is 15.9 Å². The normalized spacial score (nSPS) is 11.1. The summed E-state index contributed by atoms with van der Waals surface area (Å²) in [6, 6.07) is 7.71. The fraction of sp³-hybridized carbons (Fsp3) is 0.357. The first-order chi connectivity index (χ1) is 7.78. The molecule has 0 fully saturated rings. The Morgan fingerprint density at radius 3 is 2.29 bits per heavy atom. The Balaban J connectivity index is 2.61. The molecule has 0 N–H and O–H groups in total. The van der Waals surface area contributed by atoms with Crippen molar-refractivity contribution in [2.45, 2.75) is 32.8 Å². The van der Waals surface area contributed by atoms with Gasteiger partial charge < -0.3 is 4.74 Å². The molecule has 0 amide bonds. The van der Waals surface area contributed by atoms with E-state index in [1.54, 1.807) is 0 Å². The third-order valence-corrected chi connectivity index (χ3v) is 2.56. The van der Waals surface area contributed by atoms with Crippen LogP contribution in [0.1, 0.15) is 32.8 Å². The van der Waals surface area contributed by atoms with E-state index in [-0.39, 0.29) is 12.4 Å². The summed E-state index contributed by atoms with van der Waals surface area (Å²) < 4.78 is 6.25. The van der Waals surface area contributed by atoms with Gasteiger partial charge in [0.2, 0.25) is 0 Å². The standard InChI is InChI=1S/C14H17BrO2/c1-10(9-13(16)17-14(2,3)4)11-5-7-12(15)8-6-11/h5-8H,1,9H2,2-4H3. The number of halogens is 1. The van der Waals surface area contributed by atoms with Crippen LogP contribution in [0.3, 0.4) is 0 Å². The van der Waals surface area contributed by atoms with Crippen molar-refractivity contribution in [2.24, 2.45) is 0 Å². The van der Waals surface area contributed by atoms with Gasteiger partial charge in [0.15, 0.2) is 0 Å². The van der Waals surface area contributed by atoms with Gasteiger partial charge in [0.25, 0.3) is 0 Å². The molecule has 0 unspecified atom stereocenters. The lowest BCUT2D eigenvalue weighted by Crippen LogP contribution is -2.23. The molecule has 1 rings (SSSR count). The lowest BCUT2D eigenvalue weighted by atomic mass is 10.0. The number of rotatable bonds is 3. The lowest BCUT2D eigenvalue weighted by Gasteiger charge is -2.19. The first-order valence-electron chi connectivity index (χ1n) is 5.43. The van der Waals surface area contributed by atoms with Gasteiger partial charge >= 0.3 is 5.97 Å². The van der Waals surface area contributed by atoms with E-state index in [0.29, 0.717) is 0 Å². The predicted molar refractivity (Wildman–Crippen MR) is 73.6 cm³/mol. The lowest BCUT2D eigenvalue weighted by molar-refractivity contribution is -0.153. The van der Waals surface area contributed by atoms with Crippen molar-refractivity contribution in [3.63, 3.8) is 0 Å². The quantitative estimate of drug-likeness (QED) is 0.782.